The van der Waals surface area contributed by atoms with E-state index in [-0.39, 0.29) is 11.5 Å². The molecule has 3 aromatic rings. The van der Waals surface area contributed by atoms with E-state index >= 15 is 0 Å². The Kier molecular flexibility index (Phi) is 6.81. The monoisotopic (exact) mass is 451 g/mol. The van der Waals surface area contributed by atoms with Crippen LogP contribution in [0.5, 0.6) is 17.2 Å². The molecule has 0 aromatic heterocycles. The fraction of sp³-hybridized carbons (Fsp3) is 0.0435. The van der Waals surface area contributed by atoms with E-state index in [4.69, 9.17) is 9.47 Å². The summed E-state index contributed by atoms with van der Waals surface area (Å²) in [6, 6.07) is 19.5. The van der Waals surface area contributed by atoms with Gasteiger partial charge in [-0.05, 0) is 69.5 Å². The van der Waals surface area contributed by atoms with E-state index in [1.54, 1.807) is 48.7 Å². The third-order valence-corrected chi connectivity index (χ3v) is 4.47. The van der Waals surface area contributed by atoms with Crippen LogP contribution in [0.4, 0.5) is 5.69 Å². The SMILES string of the molecule is COc1cc(/C=N/c2ccc(O)cc2)cc(Br)c1OC(=O)C=Cc1ccccc1. The highest BCUT2D eigenvalue weighted by molar-refractivity contribution is 9.10. The number of halogens is 1. The summed E-state index contributed by atoms with van der Waals surface area (Å²) in [6.45, 7) is 0. The molecule has 6 heteroatoms. The summed E-state index contributed by atoms with van der Waals surface area (Å²) in [4.78, 5) is 16.6. The van der Waals surface area contributed by atoms with E-state index in [2.05, 4.69) is 20.9 Å². The van der Waals surface area contributed by atoms with Crippen LogP contribution in [0.2, 0.25) is 0 Å². The molecule has 0 unspecified atom stereocenters. The predicted molar refractivity (Wildman–Crippen MR) is 117 cm³/mol. The largest absolute Gasteiger partial charge is 0.508 e. The number of carbonyl (C=O) groups excluding carboxylic acids is 1. The van der Waals surface area contributed by atoms with E-state index in [0.717, 1.165) is 11.1 Å². The zero-order chi connectivity index (χ0) is 20.6. The highest BCUT2D eigenvalue weighted by atomic mass is 79.9. The first-order chi connectivity index (χ1) is 14.0. The van der Waals surface area contributed by atoms with Crippen molar-refractivity contribution in [3.05, 3.63) is 88.4 Å². The average molecular weight is 452 g/mol. The number of hydrogen-bond acceptors (Lipinski definition) is 5. The second kappa shape index (κ2) is 9.71. The summed E-state index contributed by atoms with van der Waals surface area (Å²) in [5, 5.41) is 9.33. The van der Waals surface area contributed by atoms with Crippen molar-refractivity contribution in [2.75, 3.05) is 7.11 Å². The van der Waals surface area contributed by atoms with Gasteiger partial charge < -0.3 is 14.6 Å². The van der Waals surface area contributed by atoms with Crippen LogP contribution in [0, 0.1) is 0 Å². The number of phenolic OH excluding ortho intramolecular Hbond substituents is 1. The maximum absolute atomic E-state index is 12.2. The van der Waals surface area contributed by atoms with Crippen molar-refractivity contribution in [3.8, 4) is 17.2 Å². The summed E-state index contributed by atoms with van der Waals surface area (Å²) >= 11 is 3.42. The molecule has 0 radical (unpaired) electrons. The van der Waals surface area contributed by atoms with Crippen LogP contribution in [0.1, 0.15) is 11.1 Å². The average Bonchev–Trinajstić information content (AvgIpc) is 2.74. The van der Waals surface area contributed by atoms with Crippen molar-refractivity contribution < 1.29 is 19.4 Å². The van der Waals surface area contributed by atoms with Crippen LogP contribution in [0.15, 0.2) is 82.3 Å². The molecule has 3 aromatic carbocycles. The van der Waals surface area contributed by atoms with Crippen molar-refractivity contribution in [3.63, 3.8) is 0 Å². The number of aromatic hydroxyl groups is 1. The van der Waals surface area contributed by atoms with Gasteiger partial charge in [-0.2, -0.15) is 0 Å². The first-order valence-corrected chi connectivity index (χ1v) is 9.50. The van der Waals surface area contributed by atoms with Crippen LogP contribution in [0.25, 0.3) is 6.08 Å². The van der Waals surface area contributed by atoms with Gasteiger partial charge in [0, 0.05) is 12.3 Å². The Morgan fingerprint density at radius 2 is 1.76 bits per heavy atom. The van der Waals surface area contributed by atoms with Gasteiger partial charge in [0.15, 0.2) is 11.5 Å². The molecule has 0 atom stereocenters. The molecule has 0 fully saturated rings. The maximum Gasteiger partial charge on any atom is 0.336 e. The van der Waals surface area contributed by atoms with E-state index in [1.165, 1.54) is 13.2 Å². The lowest BCUT2D eigenvalue weighted by molar-refractivity contribution is -0.129. The molecule has 146 valence electrons. The molecule has 0 saturated heterocycles. The minimum atomic E-state index is -0.515. The first kappa shape index (κ1) is 20.4. The van der Waals surface area contributed by atoms with Gasteiger partial charge in [0.2, 0.25) is 0 Å². The predicted octanol–water partition coefficient (Wildman–Crippen LogP) is 5.53. The molecule has 0 saturated carbocycles. The fourth-order valence-corrected chi connectivity index (χ4v) is 3.00. The van der Waals surface area contributed by atoms with Crippen LogP contribution in [0.3, 0.4) is 0 Å². The van der Waals surface area contributed by atoms with Crippen LogP contribution in [-0.4, -0.2) is 24.4 Å². The molecule has 0 bridgehead atoms. The summed E-state index contributed by atoms with van der Waals surface area (Å²) < 4.78 is 11.4. The molecule has 0 heterocycles. The van der Waals surface area contributed by atoms with Gasteiger partial charge in [0.05, 0.1) is 17.3 Å². The van der Waals surface area contributed by atoms with Gasteiger partial charge >= 0.3 is 5.97 Å². The van der Waals surface area contributed by atoms with Gasteiger partial charge in [-0.3, -0.25) is 4.99 Å². The van der Waals surface area contributed by atoms with Crippen LogP contribution in [-0.2, 0) is 4.79 Å². The lowest BCUT2D eigenvalue weighted by Crippen LogP contribution is -2.06. The Bertz CT molecular complexity index is 1040. The molecule has 0 amide bonds. The van der Waals surface area contributed by atoms with Crippen molar-refractivity contribution in [1.82, 2.24) is 0 Å². The second-order valence-electron chi connectivity index (χ2n) is 5.97. The summed E-state index contributed by atoms with van der Waals surface area (Å²) in [5.74, 6) is 0.351. The number of rotatable bonds is 6. The zero-order valence-electron chi connectivity index (χ0n) is 15.6. The van der Waals surface area contributed by atoms with Gasteiger partial charge in [-0.1, -0.05) is 30.3 Å². The molecular weight excluding hydrogens is 434 g/mol. The number of phenols is 1. The number of carbonyl (C=O) groups is 1. The zero-order valence-corrected chi connectivity index (χ0v) is 17.2. The van der Waals surface area contributed by atoms with Gasteiger partial charge in [0.25, 0.3) is 0 Å². The topological polar surface area (TPSA) is 68.1 Å². The molecular formula is C23H18BrNO4. The number of esters is 1. The van der Waals surface area contributed by atoms with Gasteiger partial charge in [0.1, 0.15) is 5.75 Å². The minimum absolute atomic E-state index is 0.181. The highest BCUT2D eigenvalue weighted by Crippen LogP contribution is 2.36. The van der Waals surface area contributed by atoms with Crippen LogP contribution < -0.4 is 9.47 Å². The lowest BCUT2D eigenvalue weighted by Gasteiger charge is -2.11. The molecule has 0 aliphatic rings. The number of aliphatic imine (C=N–C) groups is 1. The first-order valence-electron chi connectivity index (χ1n) is 8.71. The Morgan fingerprint density at radius 3 is 2.45 bits per heavy atom. The van der Waals surface area contributed by atoms with Gasteiger partial charge in [-0.15, -0.1) is 0 Å². The molecule has 0 aliphatic heterocycles. The third-order valence-electron chi connectivity index (χ3n) is 3.88. The van der Waals surface area contributed by atoms with E-state index in [0.29, 0.717) is 15.9 Å². The molecule has 0 spiro atoms. The number of methoxy groups -OCH3 is 1. The minimum Gasteiger partial charge on any atom is -0.508 e. The Balaban J connectivity index is 1.76. The van der Waals surface area contributed by atoms with Crippen molar-refractivity contribution >= 4 is 39.9 Å². The number of ether oxygens (including phenoxy) is 2. The number of nitrogens with zero attached hydrogens (tertiary/aromatic N) is 1. The molecule has 5 nitrogen and oxygen atoms in total. The summed E-state index contributed by atoms with van der Waals surface area (Å²) in [6.07, 6.45) is 4.70. The molecule has 1 N–H and O–H groups in total. The quantitative estimate of drug-likeness (QED) is 0.231. The summed E-state index contributed by atoms with van der Waals surface area (Å²) in [5.41, 5.74) is 2.34. The maximum atomic E-state index is 12.2. The fourth-order valence-electron chi connectivity index (χ4n) is 2.46. The Labute approximate surface area is 177 Å². The smallest absolute Gasteiger partial charge is 0.336 e. The Hall–Kier alpha value is -3.38. The molecule has 3 rings (SSSR count). The lowest BCUT2D eigenvalue weighted by atomic mass is 10.2. The van der Waals surface area contributed by atoms with Gasteiger partial charge in [-0.25, -0.2) is 4.79 Å². The Morgan fingerprint density at radius 1 is 1.03 bits per heavy atom. The second-order valence-corrected chi connectivity index (χ2v) is 6.83. The van der Waals surface area contributed by atoms with Crippen molar-refractivity contribution in [2.45, 2.75) is 0 Å². The third kappa shape index (κ3) is 5.80. The summed E-state index contributed by atoms with van der Waals surface area (Å²) in [7, 11) is 1.50. The van der Waals surface area contributed by atoms with Crippen molar-refractivity contribution in [2.24, 2.45) is 4.99 Å². The van der Waals surface area contributed by atoms with E-state index in [1.807, 2.05) is 30.3 Å². The molecule has 29 heavy (non-hydrogen) atoms. The van der Waals surface area contributed by atoms with Crippen LogP contribution >= 0.6 is 15.9 Å². The number of benzene rings is 3. The standard InChI is InChI=1S/C23H18BrNO4/c1-28-21-14-17(15-25-18-8-10-19(26)11-9-18)13-20(24)23(21)29-22(27)12-7-16-5-3-2-4-6-16/h2-15,26H,1H3/b12-7?,25-15+. The van der Waals surface area contributed by atoms with E-state index in [9.17, 15) is 9.90 Å². The normalized spacial score (nSPS) is 11.1. The van der Waals surface area contributed by atoms with Crippen molar-refractivity contribution in [1.29, 1.82) is 0 Å². The highest BCUT2D eigenvalue weighted by Gasteiger charge is 2.14. The molecule has 0 aliphatic carbocycles. The van der Waals surface area contributed by atoms with E-state index < -0.39 is 5.97 Å². The number of hydrogen-bond donors (Lipinski definition) is 1.